The van der Waals surface area contributed by atoms with Crippen molar-refractivity contribution < 1.29 is 22.7 Å². The highest BCUT2D eigenvalue weighted by molar-refractivity contribution is 7.90. The third-order valence-corrected chi connectivity index (χ3v) is 9.37. The smallest absolute Gasteiger partial charge is 0.316 e. The number of nitrogens with zero attached hydrogens (tertiary/aromatic N) is 1. The van der Waals surface area contributed by atoms with Crippen molar-refractivity contribution in [3.05, 3.63) is 58.8 Å². The maximum Gasteiger partial charge on any atom is 0.316 e. The lowest BCUT2D eigenvalue weighted by Gasteiger charge is -2.37. The number of hydrogen-bond donors (Lipinski definition) is 2. The molecule has 2 aromatic carbocycles. The second-order valence-electron chi connectivity index (χ2n) is 12.3. The largest absolute Gasteiger partial charge is 0.424 e. The summed E-state index contributed by atoms with van der Waals surface area (Å²) < 4.78 is 32.9. The molecule has 1 saturated carbocycles. The van der Waals surface area contributed by atoms with Crippen molar-refractivity contribution in [2.45, 2.75) is 90.1 Å². The van der Waals surface area contributed by atoms with Gasteiger partial charge in [0.25, 0.3) is 10.0 Å². The number of benzene rings is 2. The number of H-pyrrole nitrogens is 1. The summed E-state index contributed by atoms with van der Waals surface area (Å²) in [6.07, 6.45) is 7.26. The summed E-state index contributed by atoms with van der Waals surface area (Å²) in [6, 6.07) is 9.27. The Hall–Kier alpha value is -3.17. The molecule has 1 unspecified atom stereocenters. The van der Waals surface area contributed by atoms with E-state index in [1.54, 1.807) is 12.1 Å². The second kappa shape index (κ2) is 10.7. The predicted molar refractivity (Wildman–Crippen MR) is 155 cm³/mol. The summed E-state index contributed by atoms with van der Waals surface area (Å²) in [5, 5.41) is 0.987. The number of sulfonamides is 1. The first-order valence-electron chi connectivity index (χ1n) is 14.1. The Bertz CT molecular complexity index is 1550. The quantitative estimate of drug-likeness (QED) is 0.348. The van der Waals surface area contributed by atoms with Crippen LogP contribution >= 0.6 is 0 Å². The van der Waals surface area contributed by atoms with Crippen molar-refractivity contribution in [2.75, 3.05) is 6.54 Å². The number of rotatable bonds is 7. The van der Waals surface area contributed by atoms with E-state index in [0.29, 0.717) is 18.2 Å². The zero-order valence-electron chi connectivity index (χ0n) is 24.0. The normalized spacial score (nSPS) is 18.6. The zero-order chi connectivity index (χ0) is 28.8. The number of piperidine rings is 1. The Morgan fingerprint density at radius 2 is 1.80 bits per heavy atom. The minimum atomic E-state index is -3.88. The molecule has 1 aliphatic carbocycles. The molecule has 1 aliphatic heterocycles. The van der Waals surface area contributed by atoms with Gasteiger partial charge in [0.1, 0.15) is 0 Å². The van der Waals surface area contributed by atoms with Gasteiger partial charge in [-0.25, -0.2) is 13.1 Å². The maximum atomic E-state index is 12.9. The first-order chi connectivity index (χ1) is 18.8. The Balaban J connectivity index is 1.51. The fourth-order valence-electron chi connectivity index (χ4n) is 5.69. The van der Waals surface area contributed by atoms with Gasteiger partial charge in [0.05, 0.1) is 15.8 Å². The van der Waals surface area contributed by atoms with Gasteiger partial charge in [0, 0.05) is 31.1 Å². The van der Waals surface area contributed by atoms with Crippen LogP contribution in [-0.2, 0) is 26.2 Å². The number of nitrogens with one attached hydrogen (secondary N) is 2. The maximum absolute atomic E-state index is 12.9. The number of aromatic amines is 1. The van der Waals surface area contributed by atoms with Gasteiger partial charge < -0.3 is 9.72 Å². The molecule has 8 nitrogen and oxygen atoms in total. The van der Waals surface area contributed by atoms with E-state index in [1.807, 2.05) is 43.8 Å². The topological polar surface area (TPSA) is 109 Å². The molecule has 1 saturated heterocycles. The molecular weight excluding hydrogens is 526 g/mol. The summed E-state index contributed by atoms with van der Waals surface area (Å²) in [4.78, 5) is 30.1. The number of likely N-dealkylation sites (tertiary alicyclic amines) is 1. The van der Waals surface area contributed by atoms with Gasteiger partial charge in [-0.05, 0) is 100 Å². The molecule has 9 heteroatoms. The molecule has 5 rings (SSSR count). The Morgan fingerprint density at radius 1 is 1.10 bits per heavy atom. The second-order valence-corrected chi connectivity index (χ2v) is 14.0. The van der Waals surface area contributed by atoms with Crippen molar-refractivity contribution in [2.24, 2.45) is 5.41 Å². The average molecular weight is 566 g/mol. The summed E-state index contributed by atoms with van der Waals surface area (Å²) in [5.41, 5.74) is 5.11. The number of aromatic nitrogens is 1. The van der Waals surface area contributed by atoms with E-state index in [0.717, 1.165) is 60.7 Å². The highest BCUT2D eigenvalue weighted by Crippen LogP contribution is 2.47. The van der Waals surface area contributed by atoms with Crippen molar-refractivity contribution in [3.63, 3.8) is 0 Å². The fourth-order valence-corrected chi connectivity index (χ4v) is 6.68. The van der Waals surface area contributed by atoms with Crippen LogP contribution in [0.3, 0.4) is 0 Å². The fraction of sp³-hybridized carbons (Fsp3) is 0.484. The first-order valence-corrected chi connectivity index (χ1v) is 15.6. The minimum absolute atomic E-state index is 0.0719. The minimum Gasteiger partial charge on any atom is -0.424 e. The average Bonchev–Trinajstić information content (AvgIpc) is 3.64. The molecule has 0 bridgehead atoms. The molecule has 2 heterocycles. The van der Waals surface area contributed by atoms with Crippen LogP contribution in [0.1, 0.15) is 94.0 Å². The molecule has 1 amide bonds. The van der Waals surface area contributed by atoms with Gasteiger partial charge in [-0.3, -0.25) is 14.5 Å². The van der Waals surface area contributed by atoms with Gasteiger partial charge in [-0.1, -0.05) is 24.6 Å². The lowest BCUT2D eigenvalue weighted by molar-refractivity contribution is -0.142. The van der Waals surface area contributed by atoms with Crippen LogP contribution < -0.4 is 9.46 Å². The van der Waals surface area contributed by atoms with Crippen LogP contribution in [0.5, 0.6) is 5.75 Å². The molecule has 1 aromatic heterocycles. The zero-order valence-corrected chi connectivity index (χ0v) is 24.8. The number of fused-ring (bicyclic) bond motifs is 1. The highest BCUT2D eigenvalue weighted by Gasteiger charge is 2.33. The molecule has 2 N–H and O–H groups in total. The molecule has 2 fully saturated rings. The summed E-state index contributed by atoms with van der Waals surface area (Å²) in [5.74, 6) is 0.215. The lowest BCUT2D eigenvalue weighted by atomic mass is 9.91. The molecule has 214 valence electrons. The van der Waals surface area contributed by atoms with Crippen LogP contribution in [0.25, 0.3) is 10.9 Å². The van der Waals surface area contributed by atoms with Gasteiger partial charge in [-0.2, -0.15) is 0 Å². The van der Waals surface area contributed by atoms with E-state index in [2.05, 4.69) is 22.9 Å². The van der Waals surface area contributed by atoms with Crippen LogP contribution in [0, 0.1) is 12.3 Å². The molecule has 2 aliphatic rings. The van der Waals surface area contributed by atoms with Gasteiger partial charge >= 0.3 is 5.97 Å². The third kappa shape index (κ3) is 5.81. The summed E-state index contributed by atoms with van der Waals surface area (Å²) in [6.45, 7) is 10.5. The van der Waals surface area contributed by atoms with Crippen molar-refractivity contribution in [1.82, 2.24) is 14.6 Å². The number of amides is 1. The van der Waals surface area contributed by atoms with Crippen molar-refractivity contribution >= 4 is 32.8 Å². The SMILES string of the molecule is CC(=O)NS(=O)(=O)c1ccc(C2CCCCN2Cc2c(C3CC3)cc(C)c3[nH]cc(OC(=O)C(C)(C)C)c23)cc1. The van der Waals surface area contributed by atoms with Gasteiger partial charge in [-0.15, -0.1) is 0 Å². The summed E-state index contributed by atoms with van der Waals surface area (Å²) >= 11 is 0. The number of carbonyl (C=O) groups excluding carboxylic acids is 2. The number of aryl methyl sites for hydroxylation is 1. The number of ether oxygens (including phenoxy) is 1. The Kier molecular flexibility index (Phi) is 7.56. The van der Waals surface area contributed by atoms with Gasteiger partial charge in [0.15, 0.2) is 5.75 Å². The van der Waals surface area contributed by atoms with E-state index in [4.69, 9.17) is 4.74 Å². The van der Waals surface area contributed by atoms with Crippen molar-refractivity contribution in [1.29, 1.82) is 0 Å². The molecule has 40 heavy (non-hydrogen) atoms. The monoisotopic (exact) mass is 565 g/mol. The van der Waals surface area contributed by atoms with Gasteiger partial charge in [0.2, 0.25) is 5.91 Å². The Labute approximate surface area is 236 Å². The number of esters is 1. The van der Waals surface area contributed by atoms with E-state index < -0.39 is 21.3 Å². The van der Waals surface area contributed by atoms with Crippen LogP contribution in [-0.4, -0.2) is 36.7 Å². The number of carbonyl (C=O) groups is 2. The standard InChI is InChI=1S/C31H39N3O5S/c1-19-16-24(21-9-10-21)25(28-27(17-32-29(19)28)39-30(36)31(3,4)5)18-34-15-7-6-8-26(34)22-11-13-23(14-12-22)40(37,38)33-20(2)35/h11-14,16-17,21,26,32H,6-10,15,18H2,1-5H3,(H,33,35). The van der Waals surface area contributed by atoms with E-state index in [-0.39, 0.29) is 16.9 Å². The number of hydrogen-bond acceptors (Lipinski definition) is 6. The van der Waals surface area contributed by atoms with E-state index in [1.165, 1.54) is 18.1 Å². The van der Waals surface area contributed by atoms with Crippen LogP contribution in [0.2, 0.25) is 0 Å². The Morgan fingerprint density at radius 3 is 2.42 bits per heavy atom. The third-order valence-electron chi connectivity index (χ3n) is 7.92. The molecule has 0 spiro atoms. The van der Waals surface area contributed by atoms with E-state index >= 15 is 0 Å². The van der Waals surface area contributed by atoms with E-state index in [9.17, 15) is 18.0 Å². The highest BCUT2D eigenvalue weighted by atomic mass is 32.2. The summed E-state index contributed by atoms with van der Waals surface area (Å²) in [7, 11) is -3.88. The lowest BCUT2D eigenvalue weighted by Crippen LogP contribution is -2.33. The molecular formula is C31H39N3O5S. The van der Waals surface area contributed by atoms with Crippen LogP contribution in [0.15, 0.2) is 41.4 Å². The predicted octanol–water partition coefficient (Wildman–Crippen LogP) is 5.86. The van der Waals surface area contributed by atoms with Crippen LogP contribution in [0.4, 0.5) is 0 Å². The molecule has 0 radical (unpaired) electrons. The van der Waals surface area contributed by atoms with Crippen molar-refractivity contribution in [3.8, 4) is 5.75 Å². The first kappa shape index (κ1) is 28.4. The molecule has 1 atom stereocenters. The molecule has 3 aromatic rings.